The summed E-state index contributed by atoms with van der Waals surface area (Å²) in [4.78, 5) is 5.40. The Labute approximate surface area is 114 Å². The zero-order valence-electron chi connectivity index (χ0n) is 12.4. The average Bonchev–Trinajstić information content (AvgIpc) is 2.43. The molecule has 2 bridgehead atoms. The quantitative estimate of drug-likeness (QED) is 0.579. The topological polar surface area (TPSA) is 6.48 Å². The molecule has 1 atom stereocenters. The first kappa shape index (κ1) is 14.3. The lowest BCUT2D eigenvalue weighted by molar-refractivity contribution is 0.00885. The molecular formula is C16H32N2. The van der Waals surface area contributed by atoms with Crippen molar-refractivity contribution in [3.8, 4) is 0 Å². The minimum absolute atomic E-state index is 0.896. The fraction of sp³-hybridized carbons (Fsp3) is 1.00. The van der Waals surface area contributed by atoms with Gasteiger partial charge in [-0.2, -0.15) is 0 Å². The number of rotatable bonds is 9. The minimum Gasteiger partial charge on any atom is -0.299 e. The summed E-state index contributed by atoms with van der Waals surface area (Å²) in [6, 6.07) is 0.896. The maximum atomic E-state index is 2.74. The summed E-state index contributed by atoms with van der Waals surface area (Å²) in [6.07, 6.45) is 13.1. The molecule has 0 amide bonds. The summed E-state index contributed by atoms with van der Waals surface area (Å²) >= 11 is 0. The minimum atomic E-state index is 0.896. The van der Waals surface area contributed by atoms with E-state index in [9.17, 15) is 0 Å². The summed E-state index contributed by atoms with van der Waals surface area (Å²) in [7, 11) is 0. The average molecular weight is 252 g/mol. The summed E-state index contributed by atoms with van der Waals surface area (Å²) in [5.41, 5.74) is 0. The van der Waals surface area contributed by atoms with Gasteiger partial charge in [-0.05, 0) is 6.42 Å². The van der Waals surface area contributed by atoms with Gasteiger partial charge < -0.3 is 0 Å². The van der Waals surface area contributed by atoms with Gasteiger partial charge in [-0.3, -0.25) is 9.80 Å². The molecule has 3 fully saturated rings. The first-order chi connectivity index (χ1) is 8.90. The molecule has 0 spiro atoms. The van der Waals surface area contributed by atoms with Crippen LogP contribution in [0, 0.1) is 0 Å². The van der Waals surface area contributed by atoms with Crippen LogP contribution < -0.4 is 0 Å². The Morgan fingerprint density at radius 1 is 0.778 bits per heavy atom. The number of unbranched alkanes of at least 4 members (excludes halogenated alkanes) is 7. The summed E-state index contributed by atoms with van der Waals surface area (Å²) in [5.74, 6) is 0. The van der Waals surface area contributed by atoms with E-state index < -0.39 is 0 Å². The SMILES string of the molecule is CCCCCCCCCCC1CN2CCN1CC2. The Bertz CT molecular complexity index is 209. The molecule has 0 aromatic carbocycles. The standard InChI is InChI=1S/C16H32N2/c1-2-3-4-5-6-7-8-9-10-16-15-17-11-13-18(16)14-12-17/h16H,2-15H2,1H3. The number of hydrogen-bond donors (Lipinski definition) is 0. The van der Waals surface area contributed by atoms with Crippen molar-refractivity contribution in [1.29, 1.82) is 0 Å². The van der Waals surface area contributed by atoms with E-state index >= 15 is 0 Å². The van der Waals surface area contributed by atoms with Gasteiger partial charge >= 0.3 is 0 Å². The lowest BCUT2D eigenvalue weighted by atomic mass is 10.00. The van der Waals surface area contributed by atoms with E-state index in [4.69, 9.17) is 0 Å². The van der Waals surface area contributed by atoms with Gasteiger partial charge in [0, 0.05) is 38.8 Å². The molecule has 3 saturated heterocycles. The van der Waals surface area contributed by atoms with Crippen LogP contribution in [0.25, 0.3) is 0 Å². The molecule has 3 rings (SSSR count). The summed E-state index contributed by atoms with van der Waals surface area (Å²) in [5, 5.41) is 0. The summed E-state index contributed by atoms with van der Waals surface area (Å²) in [6.45, 7) is 8.98. The van der Waals surface area contributed by atoms with Gasteiger partial charge in [-0.25, -0.2) is 0 Å². The molecule has 0 saturated carbocycles. The molecule has 18 heavy (non-hydrogen) atoms. The van der Waals surface area contributed by atoms with Crippen LogP contribution in [0.3, 0.4) is 0 Å². The van der Waals surface area contributed by atoms with Gasteiger partial charge in [0.2, 0.25) is 0 Å². The third-order valence-electron chi connectivity index (χ3n) is 4.78. The Morgan fingerprint density at radius 3 is 1.94 bits per heavy atom. The van der Waals surface area contributed by atoms with Crippen molar-refractivity contribution in [2.24, 2.45) is 0 Å². The fourth-order valence-electron chi connectivity index (χ4n) is 3.51. The Kier molecular flexibility index (Phi) is 6.50. The Morgan fingerprint density at radius 2 is 1.39 bits per heavy atom. The van der Waals surface area contributed by atoms with E-state index in [1.165, 1.54) is 90.5 Å². The highest BCUT2D eigenvalue weighted by atomic mass is 15.3. The van der Waals surface area contributed by atoms with E-state index in [2.05, 4.69) is 16.7 Å². The van der Waals surface area contributed by atoms with Gasteiger partial charge in [0.15, 0.2) is 0 Å². The van der Waals surface area contributed by atoms with Crippen LogP contribution >= 0.6 is 0 Å². The van der Waals surface area contributed by atoms with Crippen molar-refractivity contribution in [2.45, 2.75) is 70.8 Å². The molecule has 0 aliphatic carbocycles. The highest BCUT2D eigenvalue weighted by Gasteiger charge is 2.30. The van der Waals surface area contributed by atoms with Crippen LogP contribution in [0.1, 0.15) is 64.7 Å². The van der Waals surface area contributed by atoms with Gasteiger partial charge in [0.05, 0.1) is 0 Å². The lowest BCUT2D eigenvalue weighted by Crippen LogP contribution is -2.60. The summed E-state index contributed by atoms with van der Waals surface area (Å²) < 4.78 is 0. The zero-order valence-corrected chi connectivity index (χ0v) is 12.4. The van der Waals surface area contributed by atoms with Crippen LogP contribution in [0.15, 0.2) is 0 Å². The van der Waals surface area contributed by atoms with Crippen LogP contribution in [0.2, 0.25) is 0 Å². The van der Waals surface area contributed by atoms with Gasteiger partial charge in [0.25, 0.3) is 0 Å². The fourth-order valence-corrected chi connectivity index (χ4v) is 3.51. The third kappa shape index (κ3) is 4.55. The highest BCUT2D eigenvalue weighted by Crippen LogP contribution is 2.20. The maximum Gasteiger partial charge on any atom is 0.0224 e. The largest absolute Gasteiger partial charge is 0.299 e. The number of hydrogen-bond acceptors (Lipinski definition) is 2. The van der Waals surface area contributed by atoms with Crippen molar-refractivity contribution in [3.63, 3.8) is 0 Å². The predicted octanol–water partition coefficient (Wildman–Crippen LogP) is 3.52. The van der Waals surface area contributed by atoms with Crippen molar-refractivity contribution in [2.75, 3.05) is 32.7 Å². The van der Waals surface area contributed by atoms with Crippen molar-refractivity contribution >= 4 is 0 Å². The Hall–Kier alpha value is -0.0800. The van der Waals surface area contributed by atoms with Crippen LogP contribution in [-0.4, -0.2) is 48.6 Å². The molecule has 106 valence electrons. The molecule has 0 radical (unpaired) electrons. The third-order valence-corrected chi connectivity index (χ3v) is 4.78. The molecule has 0 aromatic rings. The van der Waals surface area contributed by atoms with Crippen molar-refractivity contribution in [1.82, 2.24) is 9.80 Å². The van der Waals surface area contributed by atoms with E-state index in [1.807, 2.05) is 0 Å². The van der Waals surface area contributed by atoms with E-state index in [0.717, 1.165) is 6.04 Å². The van der Waals surface area contributed by atoms with Crippen LogP contribution in [-0.2, 0) is 0 Å². The Balaban J connectivity index is 1.44. The van der Waals surface area contributed by atoms with E-state index in [-0.39, 0.29) is 0 Å². The first-order valence-electron chi connectivity index (χ1n) is 8.36. The molecule has 0 aromatic heterocycles. The van der Waals surface area contributed by atoms with E-state index in [0.29, 0.717) is 0 Å². The molecule has 3 aliphatic heterocycles. The zero-order chi connectivity index (χ0) is 12.6. The normalized spacial score (nSPS) is 30.8. The van der Waals surface area contributed by atoms with Gasteiger partial charge in [-0.15, -0.1) is 0 Å². The second-order valence-corrected chi connectivity index (χ2v) is 6.25. The first-order valence-corrected chi connectivity index (χ1v) is 8.36. The molecular weight excluding hydrogens is 220 g/mol. The number of fused-ring (bicyclic) bond motifs is 3. The molecule has 0 N–H and O–H groups in total. The van der Waals surface area contributed by atoms with Crippen molar-refractivity contribution in [3.05, 3.63) is 0 Å². The number of piperazine rings is 3. The second-order valence-electron chi connectivity index (χ2n) is 6.25. The van der Waals surface area contributed by atoms with Crippen LogP contribution in [0.4, 0.5) is 0 Å². The molecule has 3 heterocycles. The molecule has 1 unspecified atom stereocenters. The monoisotopic (exact) mass is 252 g/mol. The van der Waals surface area contributed by atoms with Gasteiger partial charge in [-0.1, -0.05) is 58.3 Å². The lowest BCUT2D eigenvalue weighted by Gasteiger charge is -2.47. The predicted molar refractivity (Wildman–Crippen MR) is 79.0 cm³/mol. The molecule has 2 nitrogen and oxygen atoms in total. The van der Waals surface area contributed by atoms with Gasteiger partial charge in [0.1, 0.15) is 0 Å². The van der Waals surface area contributed by atoms with Crippen LogP contribution in [0.5, 0.6) is 0 Å². The molecule has 3 aliphatic rings. The van der Waals surface area contributed by atoms with E-state index in [1.54, 1.807) is 0 Å². The molecule has 2 heteroatoms. The highest BCUT2D eigenvalue weighted by molar-refractivity contribution is 4.87. The maximum absolute atomic E-state index is 2.74. The van der Waals surface area contributed by atoms with Crippen molar-refractivity contribution < 1.29 is 0 Å². The second kappa shape index (κ2) is 8.16. The smallest absolute Gasteiger partial charge is 0.0224 e. The number of nitrogens with zero attached hydrogens (tertiary/aromatic N) is 2.